The highest BCUT2D eigenvalue weighted by atomic mass is 16.1. The van der Waals surface area contributed by atoms with Crippen LogP contribution in [-0.4, -0.2) is 19.7 Å². The molecule has 5 heteroatoms. The van der Waals surface area contributed by atoms with Gasteiger partial charge in [0.05, 0.1) is 17.2 Å². The van der Waals surface area contributed by atoms with E-state index in [0.29, 0.717) is 11.2 Å². The van der Waals surface area contributed by atoms with Crippen LogP contribution in [0.25, 0.3) is 22.2 Å². The van der Waals surface area contributed by atoms with Gasteiger partial charge in [0.1, 0.15) is 0 Å². The molecule has 0 atom stereocenters. The molecule has 3 aromatic rings. The van der Waals surface area contributed by atoms with Crippen molar-refractivity contribution >= 4 is 22.2 Å². The van der Waals surface area contributed by atoms with Crippen molar-refractivity contribution in [2.24, 2.45) is 7.05 Å². The van der Waals surface area contributed by atoms with Crippen LogP contribution in [0.4, 0.5) is 0 Å². The van der Waals surface area contributed by atoms with E-state index in [9.17, 15) is 4.79 Å². The Morgan fingerprint density at radius 3 is 2.56 bits per heavy atom. The normalized spacial score (nSPS) is 11.1. The first-order valence-electron chi connectivity index (χ1n) is 4.84. The summed E-state index contributed by atoms with van der Waals surface area (Å²) >= 11 is 0. The van der Waals surface area contributed by atoms with E-state index in [-0.39, 0.29) is 5.43 Å². The summed E-state index contributed by atoms with van der Waals surface area (Å²) in [4.78, 5) is 20.3. The van der Waals surface area contributed by atoms with Crippen LogP contribution in [0.15, 0.2) is 35.3 Å². The molecule has 0 bridgehead atoms. The number of benzene rings is 1. The summed E-state index contributed by atoms with van der Waals surface area (Å²) in [5.74, 6) is 0. The Morgan fingerprint density at radius 1 is 1.12 bits per heavy atom. The van der Waals surface area contributed by atoms with Gasteiger partial charge in [-0.05, 0) is 12.1 Å². The fraction of sp³-hybridized carbons (Fsp3) is 0.0909. The summed E-state index contributed by atoms with van der Waals surface area (Å²) in [6, 6.07) is 7.45. The molecule has 3 rings (SSSR count). The molecule has 5 nitrogen and oxygen atoms in total. The number of aromatic nitrogens is 4. The molecule has 0 unspecified atom stereocenters. The Kier molecular flexibility index (Phi) is 1.73. The van der Waals surface area contributed by atoms with Crippen molar-refractivity contribution in [1.82, 2.24) is 19.7 Å². The quantitative estimate of drug-likeness (QED) is 0.519. The first-order chi connectivity index (χ1) is 7.75. The molecule has 1 aromatic carbocycles. The van der Waals surface area contributed by atoms with E-state index >= 15 is 0 Å². The van der Waals surface area contributed by atoms with Gasteiger partial charge in [0.2, 0.25) is 5.43 Å². The van der Waals surface area contributed by atoms with Crippen LogP contribution in [0.1, 0.15) is 0 Å². The molecule has 0 spiro atoms. The molecule has 0 N–H and O–H groups in total. The van der Waals surface area contributed by atoms with Gasteiger partial charge in [-0.1, -0.05) is 12.1 Å². The SMILES string of the molecule is Cn1ncc(=O)c2nc3ccccc3nc21. The number of hydrogen-bond donors (Lipinski definition) is 0. The number of fused-ring (bicyclic) bond motifs is 2. The highest BCUT2D eigenvalue weighted by Crippen LogP contribution is 2.11. The summed E-state index contributed by atoms with van der Waals surface area (Å²) in [5.41, 5.74) is 2.14. The molecule has 0 saturated heterocycles. The van der Waals surface area contributed by atoms with Crippen LogP contribution in [0.3, 0.4) is 0 Å². The smallest absolute Gasteiger partial charge is 0.228 e. The molecule has 0 aliphatic rings. The fourth-order valence-electron chi connectivity index (χ4n) is 1.64. The minimum absolute atomic E-state index is 0.202. The molecule has 78 valence electrons. The zero-order chi connectivity index (χ0) is 11.1. The lowest BCUT2D eigenvalue weighted by Crippen LogP contribution is -2.12. The molecule has 16 heavy (non-hydrogen) atoms. The van der Waals surface area contributed by atoms with Crippen LogP contribution in [-0.2, 0) is 7.05 Å². The van der Waals surface area contributed by atoms with Crippen LogP contribution >= 0.6 is 0 Å². The molecule has 0 radical (unpaired) electrons. The predicted molar refractivity (Wildman–Crippen MR) is 60.1 cm³/mol. The van der Waals surface area contributed by atoms with E-state index in [2.05, 4.69) is 15.1 Å². The fourth-order valence-corrected chi connectivity index (χ4v) is 1.64. The molecule has 0 amide bonds. The Labute approximate surface area is 90.4 Å². The van der Waals surface area contributed by atoms with E-state index in [0.717, 1.165) is 11.0 Å². The number of nitrogens with zero attached hydrogens (tertiary/aromatic N) is 4. The highest BCUT2D eigenvalue weighted by molar-refractivity contribution is 5.83. The van der Waals surface area contributed by atoms with Gasteiger partial charge in [-0.25, -0.2) is 14.6 Å². The molecule has 0 aliphatic carbocycles. The zero-order valence-corrected chi connectivity index (χ0v) is 8.58. The lowest BCUT2D eigenvalue weighted by Gasteiger charge is -2.03. The third kappa shape index (κ3) is 1.18. The van der Waals surface area contributed by atoms with Crippen molar-refractivity contribution in [2.45, 2.75) is 0 Å². The minimum Gasteiger partial charge on any atom is -0.286 e. The third-order valence-electron chi connectivity index (χ3n) is 2.44. The second kappa shape index (κ2) is 3.10. The van der Waals surface area contributed by atoms with Crippen molar-refractivity contribution in [3.63, 3.8) is 0 Å². The molecule has 0 aliphatic heterocycles. The van der Waals surface area contributed by atoms with E-state index in [1.165, 1.54) is 6.20 Å². The Bertz CT molecular complexity index is 748. The van der Waals surface area contributed by atoms with Gasteiger partial charge in [-0.15, -0.1) is 0 Å². The Hall–Kier alpha value is -2.30. The molecule has 0 fully saturated rings. The molecular weight excluding hydrogens is 204 g/mol. The van der Waals surface area contributed by atoms with Crippen LogP contribution in [0.5, 0.6) is 0 Å². The van der Waals surface area contributed by atoms with E-state index in [1.807, 2.05) is 24.3 Å². The maximum atomic E-state index is 11.6. The number of para-hydroxylation sites is 2. The highest BCUT2D eigenvalue weighted by Gasteiger charge is 2.06. The third-order valence-corrected chi connectivity index (χ3v) is 2.44. The van der Waals surface area contributed by atoms with Gasteiger partial charge in [0.25, 0.3) is 0 Å². The maximum absolute atomic E-state index is 11.6. The van der Waals surface area contributed by atoms with Gasteiger partial charge in [0, 0.05) is 7.05 Å². The number of hydrogen-bond acceptors (Lipinski definition) is 4. The van der Waals surface area contributed by atoms with Crippen molar-refractivity contribution in [3.05, 3.63) is 40.7 Å². The summed E-state index contributed by atoms with van der Waals surface area (Å²) in [7, 11) is 1.74. The van der Waals surface area contributed by atoms with Crippen LogP contribution < -0.4 is 5.43 Å². The van der Waals surface area contributed by atoms with E-state index in [4.69, 9.17) is 0 Å². The van der Waals surface area contributed by atoms with E-state index < -0.39 is 0 Å². The van der Waals surface area contributed by atoms with Gasteiger partial charge < -0.3 is 0 Å². The average Bonchev–Trinajstić information content (AvgIpc) is 2.32. The molecule has 2 aromatic heterocycles. The minimum atomic E-state index is -0.202. The summed E-state index contributed by atoms with van der Waals surface area (Å²) < 4.78 is 1.55. The first kappa shape index (κ1) is 8.96. The number of aryl methyl sites for hydroxylation is 1. The number of rotatable bonds is 0. The summed E-state index contributed by atoms with van der Waals surface area (Å²) in [6.07, 6.45) is 1.26. The van der Waals surface area contributed by atoms with Crippen LogP contribution in [0.2, 0.25) is 0 Å². The Morgan fingerprint density at radius 2 is 1.81 bits per heavy atom. The molecular formula is C11H8N4O. The molecule has 2 heterocycles. The van der Waals surface area contributed by atoms with Gasteiger partial charge in [0.15, 0.2) is 11.2 Å². The predicted octanol–water partition coefficient (Wildman–Crippen LogP) is 0.877. The monoisotopic (exact) mass is 212 g/mol. The summed E-state index contributed by atoms with van der Waals surface area (Å²) in [5, 5.41) is 3.92. The second-order valence-corrected chi connectivity index (χ2v) is 3.52. The van der Waals surface area contributed by atoms with Crippen LogP contribution in [0, 0.1) is 0 Å². The maximum Gasteiger partial charge on any atom is 0.228 e. The Balaban J connectivity index is 2.61. The topological polar surface area (TPSA) is 60.7 Å². The van der Waals surface area contributed by atoms with E-state index in [1.54, 1.807) is 11.7 Å². The lowest BCUT2D eigenvalue weighted by atomic mass is 10.3. The van der Waals surface area contributed by atoms with Crippen molar-refractivity contribution in [1.29, 1.82) is 0 Å². The zero-order valence-electron chi connectivity index (χ0n) is 8.58. The second-order valence-electron chi connectivity index (χ2n) is 3.52. The van der Waals surface area contributed by atoms with Crippen molar-refractivity contribution in [3.8, 4) is 0 Å². The average molecular weight is 212 g/mol. The van der Waals surface area contributed by atoms with Gasteiger partial charge >= 0.3 is 0 Å². The van der Waals surface area contributed by atoms with Crippen molar-refractivity contribution < 1.29 is 0 Å². The largest absolute Gasteiger partial charge is 0.286 e. The standard InChI is InChI=1S/C11H8N4O/c1-15-11-10(9(16)6-12-15)13-7-4-2-3-5-8(7)14-11/h2-6H,1H3. The van der Waals surface area contributed by atoms with Gasteiger partial charge in [-0.2, -0.15) is 5.10 Å². The lowest BCUT2D eigenvalue weighted by molar-refractivity contribution is 0.761. The van der Waals surface area contributed by atoms with Gasteiger partial charge in [-0.3, -0.25) is 4.79 Å². The summed E-state index contributed by atoms with van der Waals surface area (Å²) in [6.45, 7) is 0. The molecule has 0 saturated carbocycles. The first-order valence-corrected chi connectivity index (χ1v) is 4.84. The van der Waals surface area contributed by atoms with Crippen molar-refractivity contribution in [2.75, 3.05) is 0 Å².